The van der Waals surface area contributed by atoms with Crippen LogP contribution in [0.5, 0.6) is 0 Å². The van der Waals surface area contributed by atoms with Crippen LogP contribution in [-0.2, 0) is 38.5 Å². The van der Waals surface area contributed by atoms with Crippen molar-refractivity contribution in [3.8, 4) is 0 Å². The van der Waals surface area contributed by atoms with Crippen LogP contribution < -0.4 is 11.5 Å². The third-order valence-corrected chi connectivity index (χ3v) is 12.1. The van der Waals surface area contributed by atoms with Gasteiger partial charge in [-0.1, -0.05) is 190 Å². The lowest BCUT2D eigenvalue weighted by Gasteiger charge is -2.12. The molecule has 0 saturated heterocycles. The Morgan fingerprint density at radius 3 is 0.911 bits per heavy atom. The lowest BCUT2D eigenvalue weighted by molar-refractivity contribution is 0.533. The summed E-state index contributed by atoms with van der Waals surface area (Å²) in [5, 5.41) is 0. The molecule has 0 aliphatic heterocycles. The van der Waals surface area contributed by atoms with Crippen LogP contribution >= 0.6 is 0 Å². The van der Waals surface area contributed by atoms with E-state index in [1.807, 2.05) is 0 Å². The van der Waals surface area contributed by atoms with Crippen LogP contribution in [0.1, 0.15) is 200 Å². The number of anilines is 2. The number of nitrogens with two attached hydrogens (primary N) is 2. The second kappa shape index (κ2) is 28.0. The van der Waals surface area contributed by atoms with E-state index in [9.17, 15) is 0 Å². The first-order chi connectivity index (χ1) is 27.5. The summed E-state index contributed by atoms with van der Waals surface area (Å²) in [4.78, 5) is 0. The zero-order valence-electron chi connectivity index (χ0n) is 36.0. The van der Waals surface area contributed by atoms with Gasteiger partial charge in [0.15, 0.2) is 0 Å². The predicted octanol–water partition coefficient (Wildman–Crippen LogP) is 15.5. The van der Waals surface area contributed by atoms with Crippen molar-refractivity contribution >= 4 is 11.4 Å². The van der Waals surface area contributed by atoms with E-state index in [0.29, 0.717) is 0 Å². The number of unbranched alkanes of at least 4 members (excludes halogenated alkanes) is 19. The highest BCUT2D eigenvalue weighted by molar-refractivity contribution is 5.47. The van der Waals surface area contributed by atoms with E-state index in [1.165, 1.54) is 199 Å². The number of benzene rings is 4. The van der Waals surface area contributed by atoms with Gasteiger partial charge in [-0.25, -0.2) is 0 Å². The van der Waals surface area contributed by atoms with Gasteiger partial charge in [0.25, 0.3) is 0 Å². The maximum atomic E-state index is 6.14. The Labute approximate surface area is 344 Å². The molecule has 0 aliphatic rings. The summed E-state index contributed by atoms with van der Waals surface area (Å²) >= 11 is 0. The number of nitrogen functional groups attached to an aromatic ring is 2. The number of aryl methyl sites for hydroxylation is 4. The lowest BCUT2D eigenvalue weighted by Crippen LogP contribution is -1.99. The van der Waals surface area contributed by atoms with Gasteiger partial charge in [0.1, 0.15) is 0 Å². The summed E-state index contributed by atoms with van der Waals surface area (Å²) in [6.07, 6.45) is 36.6. The monoisotopic (exact) mass is 757 g/mol. The van der Waals surface area contributed by atoms with Crippen LogP contribution in [0.25, 0.3) is 0 Å². The highest BCUT2D eigenvalue weighted by Gasteiger charge is 2.08. The predicted molar refractivity (Wildman–Crippen MR) is 248 cm³/mol. The Hall–Kier alpha value is -3.52. The molecule has 2 nitrogen and oxygen atoms in total. The molecular weight excluding hydrogens is 677 g/mol. The average Bonchev–Trinajstić information content (AvgIpc) is 3.21. The largest absolute Gasteiger partial charge is 0.399 e. The topological polar surface area (TPSA) is 52.0 Å². The van der Waals surface area contributed by atoms with E-state index in [2.05, 4.69) is 98.8 Å². The minimum Gasteiger partial charge on any atom is -0.399 e. The molecule has 306 valence electrons. The first kappa shape index (κ1) is 45.2. The van der Waals surface area contributed by atoms with Gasteiger partial charge < -0.3 is 11.5 Å². The van der Waals surface area contributed by atoms with Gasteiger partial charge in [0.2, 0.25) is 0 Å². The molecule has 0 aromatic heterocycles. The molecule has 56 heavy (non-hydrogen) atoms. The Bertz CT molecular complexity index is 1460. The molecule has 4 N–H and O–H groups in total. The average molecular weight is 757 g/mol. The zero-order chi connectivity index (χ0) is 39.5. The first-order valence-corrected chi connectivity index (χ1v) is 23.4. The molecule has 0 saturated carbocycles. The van der Waals surface area contributed by atoms with E-state index in [0.717, 1.165) is 37.1 Å². The molecule has 0 unspecified atom stereocenters. The quantitative estimate of drug-likeness (QED) is 0.0397. The second-order valence-corrected chi connectivity index (χ2v) is 17.1. The summed E-state index contributed by atoms with van der Waals surface area (Å²) in [6, 6.07) is 31.9. The van der Waals surface area contributed by atoms with Crippen LogP contribution in [0, 0.1) is 0 Å². The third-order valence-electron chi connectivity index (χ3n) is 12.1. The Morgan fingerprint density at radius 1 is 0.286 bits per heavy atom. The van der Waals surface area contributed by atoms with Crippen molar-refractivity contribution in [2.45, 2.75) is 194 Å². The number of hydrogen-bond donors (Lipinski definition) is 2. The summed E-state index contributed by atoms with van der Waals surface area (Å²) in [6.45, 7) is 4.55. The van der Waals surface area contributed by atoms with Crippen molar-refractivity contribution in [2.24, 2.45) is 0 Å². The van der Waals surface area contributed by atoms with Crippen LogP contribution in [-0.4, -0.2) is 0 Å². The van der Waals surface area contributed by atoms with Crippen LogP contribution in [0.2, 0.25) is 0 Å². The fourth-order valence-electron chi connectivity index (χ4n) is 8.45. The second-order valence-electron chi connectivity index (χ2n) is 17.1. The van der Waals surface area contributed by atoms with Gasteiger partial charge in [-0.05, 0) is 133 Å². The molecule has 0 radical (unpaired) electrons. The molecule has 0 aliphatic carbocycles. The molecule has 4 rings (SSSR count). The number of hydrogen-bond acceptors (Lipinski definition) is 2. The molecule has 4 aromatic rings. The maximum absolute atomic E-state index is 6.14. The van der Waals surface area contributed by atoms with Gasteiger partial charge in [0, 0.05) is 11.4 Å². The molecule has 0 bridgehead atoms. The van der Waals surface area contributed by atoms with Crippen molar-refractivity contribution in [3.05, 3.63) is 129 Å². The van der Waals surface area contributed by atoms with E-state index >= 15 is 0 Å². The van der Waals surface area contributed by atoms with Crippen molar-refractivity contribution in [1.82, 2.24) is 0 Å². The van der Waals surface area contributed by atoms with E-state index in [1.54, 1.807) is 0 Å². The third kappa shape index (κ3) is 18.6. The molecule has 0 atom stereocenters. The molecular formula is C54H80N2. The first-order valence-electron chi connectivity index (χ1n) is 23.4. The van der Waals surface area contributed by atoms with E-state index in [-0.39, 0.29) is 0 Å². The fraction of sp³-hybridized carbons (Fsp3) is 0.556. The summed E-state index contributed by atoms with van der Waals surface area (Å²) < 4.78 is 0. The Balaban J connectivity index is 0.949. The van der Waals surface area contributed by atoms with E-state index in [4.69, 9.17) is 11.5 Å². The van der Waals surface area contributed by atoms with Crippen molar-refractivity contribution in [2.75, 3.05) is 11.5 Å². The molecule has 2 heteroatoms. The summed E-state index contributed by atoms with van der Waals surface area (Å²) in [5.41, 5.74) is 25.6. The minimum absolute atomic E-state index is 0.893. The normalized spacial score (nSPS) is 11.4. The maximum Gasteiger partial charge on any atom is 0.0316 e. The van der Waals surface area contributed by atoms with Gasteiger partial charge in [-0.2, -0.15) is 0 Å². The summed E-state index contributed by atoms with van der Waals surface area (Å²) in [7, 11) is 0. The highest BCUT2D eigenvalue weighted by atomic mass is 14.5. The standard InChI is InChI=1S/C54H80N2/c1-3-5-7-23-27-49-43-53(55)39-37-51(49)41-47-33-29-45(30-34-47)25-21-19-17-15-13-11-9-10-12-14-16-18-20-22-26-46-31-35-48(36-32-46)42-52-38-40-54(56)44-50(52)28-24-8-6-4-2/h29-40,43-44H,3-28,41-42,55-56H2,1-2H3. The zero-order valence-corrected chi connectivity index (χ0v) is 36.0. The van der Waals surface area contributed by atoms with Crippen LogP contribution in [0.4, 0.5) is 11.4 Å². The lowest BCUT2D eigenvalue weighted by atomic mass is 9.94. The SMILES string of the molecule is CCCCCCc1cc(N)ccc1Cc1ccc(CCCCCCCCCCCCCCCCc2ccc(Cc3ccc(N)cc3CCCCCC)cc2)cc1. The van der Waals surface area contributed by atoms with Crippen LogP contribution in [0.15, 0.2) is 84.9 Å². The Morgan fingerprint density at radius 2 is 0.571 bits per heavy atom. The van der Waals surface area contributed by atoms with Gasteiger partial charge in [-0.15, -0.1) is 0 Å². The molecule has 0 spiro atoms. The highest BCUT2D eigenvalue weighted by Crippen LogP contribution is 2.23. The van der Waals surface area contributed by atoms with Crippen molar-refractivity contribution < 1.29 is 0 Å². The van der Waals surface area contributed by atoms with Crippen molar-refractivity contribution in [3.63, 3.8) is 0 Å². The van der Waals surface area contributed by atoms with Gasteiger partial charge in [-0.3, -0.25) is 0 Å². The Kier molecular flexibility index (Phi) is 22.6. The molecule has 4 aromatic carbocycles. The molecule has 0 heterocycles. The number of rotatable bonds is 31. The van der Waals surface area contributed by atoms with Gasteiger partial charge >= 0.3 is 0 Å². The fourth-order valence-corrected chi connectivity index (χ4v) is 8.45. The smallest absolute Gasteiger partial charge is 0.0316 e. The summed E-state index contributed by atoms with van der Waals surface area (Å²) in [5.74, 6) is 0. The molecule has 0 amide bonds. The van der Waals surface area contributed by atoms with E-state index < -0.39 is 0 Å². The van der Waals surface area contributed by atoms with Gasteiger partial charge in [0.05, 0.1) is 0 Å². The minimum atomic E-state index is 0.893. The van der Waals surface area contributed by atoms with Crippen LogP contribution in [0.3, 0.4) is 0 Å². The van der Waals surface area contributed by atoms with Crippen molar-refractivity contribution in [1.29, 1.82) is 0 Å². The molecule has 0 fully saturated rings.